The van der Waals surface area contributed by atoms with Crippen LogP contribution in [0.5, 0.6) is 0 Å². The van der Waals surface area contributed by atoms with Crippen molar-refractivity contribution in [3.05, 3.63) is 36.4 Å². The van der Waals surface area contributed by atoms with Gasteiger partial charge in [-0.1, -0.05) is 12.2 Å². The molecular weight excluding hydrogens is 348 g/mol. The first-order valence-electron chi connectivity index (χ1n) is 9.29. The molecule has 0 aromatic carbocycles. The molecule has 4 rings (SSSR count). The maximum absolute atomic E-state index is 13.2. The number of hydrogen-bond acceptors (Lipinski definition) is 6. The standard InChI is InChI=1S/C19H24N4O4/c1-3-26-9-8-23-11-19-6-4-14(27-19)15(16(19)18(23)25)17(24)22(2)10-13-5-7-20-12-21-13/h4-7,12,14-16H,3,8-11H2,1-2H3/t14-,15+,16-,19-/m0/s1. The van der Waals surface area contributed by atoms with E-state index in [0.29, 0.717) is 32.8 Å². The van der Waals surface area contributed by atoms with E-state index in [-0.39, 0.29) is 17.9 Å². The quantitative estimate of drug-likeness (QED) is 0.504. The second kappa shape index (κ2) is 7.01. The second-order valence-electron chi connectivity index (χ2n) is 7.25. The average Bonchev–Trinajstić information content (AvgIpc) is 3.31. The second-order valence-corrected chi connectivity index (χ2v) is 7.25. The fraction of sp³-hybridized carbons (Fsp3) is 0.579. The Bertz CT molecular complexity index is 755. The van der Waals surface area contributed by atoms with E-state index >= 15 is 0 Å². The Morgan fingerprint density at radius 3 is 3.11 bits per heavy atom. The fourth-order valence-electron chi connectivity index (χ4n) is 4.36. The van der Waals surface area contributed by atoms with Gasteiger partial charge in [0.15, 0.2) is 0 Å². The summed E-state index contributed by atoms with van der Waals surface area (Å²) >= 11 is 0. The van der Waals surface area contributed by atoms with Crippen LogP contribution in [0.15, 0.2) is 30.7 Å². The van der Waals surface area contributed by atoms with Crippen LogP contribution in [0.2, 0.25) is 0 Å². The van der Waals surface area contributed by atoms with E-state index in [2.05, 4.69) is 9.97 Å². The van der Waals surface area contributed by atoms with Gasteiger partial charge in [0.2, 0.25) is 11.8 Å². The largest absolute Gasteiger partial charge is 0.380 e. The van der Waals surface area contributed by atoms with E-state index in [4.69, 9.17) is 9.47 Å². The molecule has 1 aromatic rings. The lowest BCUT2D eigenvalue weighted by molar-refractivity contribution is -0.143. The lowest BCUT2D eigenvalue weighted by atomic mass is 9.76. The van der Waals surface area contributed by atoms with Gasteiger partial charge in [0.05, 0.1) is 43.3 Å². The Labute approximate surface area is 158 Å². The number of nitrogens with zero attached hydrogens (tertiary/aromatic N) is 4. The molecule has 1 aromatic heterocycles. The van der Waals surface area contributed by atoms with Crippen molar-refractivity contribution < 1.29 is 19.1 Å². The minimum absolute atomic E-state index is 0.0182. The van der Waals surface area contributed by atoms with Crippen LogP contribution in [-0.2, 0) is 25.6 Å². The van der Waals surface area contributed by atoms with Gasteiger partial charge in [-0.05, 0) is 13.0 Å². The molecule has 0 aliphatic carbocycles. The molecule has 2 saturated heterocycles. The minimum atomic E-state index is -0.677. The number of hydrogen-bond donors (Lipinski definition) is 0. The van der Waals surface area contributed by atoms with Gasteiger partial charge >= 0.3 is 0 Å². The third-order valence-corrected chi connectivity index (χ3v) is 5.59. The monoisotopic (exact) mass is 372 g/mol. The number of carbonyl (C=O) groups excluding carboxylic acids is 2. The van der Waals surface area contributed by atoms with Crippen LogP contribution in [-0.4, -0.2) is 76.6 Å². The molecule has 27 heavy (non-hydrogen) atoms. The van der Waals surface area contributed by atoms with Crippen molar-refractivity contribution in [2.75, 3.05) is 33.4 Å². The zero-order chi connectivity index (χ0) is 19.0. The number of aromatic nitrogens is 2. The van der Waals surface area contributed by atoms with Crippen molar-refractivity contribution in [3.63, 3.8) is 0 Å². The Balaban J connectivity index is 1.49. The van der Waals surface area contributed by atoms with Crippen LogP contribution in [0, 0.1) is 11.8 Å². The molecule has 0 radical (unpaired) electrons. The molecule has 0 N–H and O–H groups in total. The van der Waals surface area contributed by atoms with E-state index in [0.717, 1.165) is 5.69 Å². The van der Waals surface area contributed by atoms with Gasteiger partial charge in [0.25, 0.3) is 0 Å². The molecule has 0 saturated carbocycles. The maximum Gasteiger partial charge on any atom is 0.230 e. The molecule has 2 amide bonds. The third kappa shape index (κ3) is 3.02. The summed E-state index contributed by atoms with van der Waals surface area (Å²) in [6.07, 6.45) is 6.67. The van der Waals surface area contributed by atoms with Gasteiger partial charge in [-0.3, -0.25) is 9.59 Å². The minimum Gasteiger partial charge on any atom is -0.380 e. The van der Waals surface area contributed by atoms with E-state index in [9.17, 15) is 9.59 Å². The summed E-state index contributed by atoms with van der Waals surface area (Å²) in [5, 5.41) is 0. The zero-order valence-electron chi connectivity index (χ0n) is 15.6. The highest BCUT2D eigenvalue weighted by molar-refractivity contribution is 5.93. The van der Waals surface area contributed by atoms with Crippen molar-refractivity contribution in [1.82, 2.24) is 19.8 Å². The molecule has 4 atom stereocenters. The Morgan fingerprint density at radius 1 is 1.52 bits per heavy atom. The Kier molecular flexibility index (Phi) is 4.69. The molecule has 4 heterocycles. The number of rotatable bonds is 7. The topological polar surface area (TPSA) is 84.9 Å². The molecule has 2 bridgehead atoms. The highest BCUT2D eigenvalue weighted by Gasteiger charge is 2.66. The van der Waals surface area contributed by atoms with Crippen LogP contribution in [0.3, 0.4) is 0 Å². The number of fused-ring (bicyclic) bond motifs is 1. The highest BCUT2D eigenvalue weighted by Crippen LogP contribution is 2.52. The van der Waals surface area contributed by atoms with Crippen LogP contribution in [0.25, 0.3) is 0 Å². The van der Waals surface area contributed by atoms with Crippen molar-refractivity contribution in [2.24, 2.45) is 11.8 Å². The number of amides is 2. The summed E-state index contributed by atoms with van der Waals surface area (Å²) in [7, 11) is 1.74. The van der Waals surface area contributed by atoms with E-state index < -0.39 is 17.4 Å². The number of ether oxygens (including phenoxy) is 2. The molecule has 8 heteroatoms. The molecule has 2 fully saturated rings. The summed E-state index contributed by atoms with van der Waals surface area (Å²) in [4.78, 5) is 37.6. The smallest absolute Gasteiger partial charge is 0.230 e. The Morgan fingerprint density at radius 2 is 2.37 bits per heavy atom. The molecule has 3 aliphatic rings. The fourth-order valence-corrected chi connectivity index (χ4v) is 4.36. The van der Waals surface area contributed by atoms with E-state index in [1.54, 1.807) is 29.1 Å². The van der Waals surface area contributed by atoms with Crippen LogP contribution < -0.4 is 0 Å². The third-order valence-electron chi connectivity index (χ3n) is 5.59. The lowest BCUT2D eigenvalue weighted by Crippen LogP contribution is -2.44. The average molecular weight is 372 g/mol. The van der Waals surface area contributed by atoms with Gasteiger partial charge in [-0.2, -0.15) is 0 Å². The molecule has 8 nitrogen and oxygen atoms in total. The van der Waals surface area contributed by atoms with Crippen LogP contribution in [0.4, 0.5) is 0 Å². The van der Waals surface area contributed by atoms with Gasteiger partial charge in [0, 0.05) is 26.4 Å². The van der Waals surface area contributed by atoms with Crippen molar-refractivity contribution in [2.45, 2.75) is 25.2 Å². The first kappa shape index (κ1) is 18.1. The summed E-state index contributed by atoms with van der Waals surface area (Å²) < 4.78 is 11.5. The van der Waals surface area contributed by atoms with Gasteiger partial charge in [-0.15, -0.1) is 0 Å². The van der Waals surface area contributed by atoms with E-state index in [1.807, 2.05) is 19.1 Å². The molecule has 144 valence electrons. The predicted octanol–water partition coefficient (Wildman–Crippen LogP) is 0.254. The van der Waals surface area contributed by atoms with Crippen LogP contribution in [0.1, 0.15) is 12.6 Å². The maximum atomic E-state index is 13.2. The summed E-state index contributed by atoms with van der Waals surface area (Å²) in [6, 6.07) is 1.78. The summed E-state index contributed by atoms with van der Waals surface area (Å²) in [5.41, 5.74) is 0.0793. The van der Waals surface area contributed by atoms with Crippen molar-refractivity contribution >= 4 is 11.8 Å². The summed E-state index contributed by atoms with van der Waals surface area (Å²) in [6.45, 7) is 4.40. The van der Waals surface area contributed by atoms with Gasteiger partial charge in [-0.25, -0.2) is 9.97 Å². The number of carbonyl (C=O) groups is 2. The molecule has 3 aliphatic heterocycles. The number of likely N-dealkylation sites (tertiary alicyclic amines) is 1. The first-order chi connectivity index (χ1) is 13.1. The van der Waals surface area contributed by atoms with Crippen LogP contribution >= 0.6 is 0 Å². The normalized spacial score (nSPS) is 30.8. The first-order valence-corrected chi connectivity index (χ1v) is 9.29. The SMILES string of the molecule is CCOCCN1C[C@]23C=C[C@H](O2)[C@@H](C(=O)N(C)Cc2ccncn2)[C@H]3C1=O. The van der Waals surface area contributed by atoms with Gasteiger partial charge in [0.1, 0.15) is 11.9 Å². The zero-order valence-corrected chi connectivity index (χ0v) is 15.6. The molecule has 0 unspecified atom stereocenters. The Hall–Kier alpha value is -2.32. The molecule has 1 spiro atoms. The van der Waals surface area contributed by atoms with E-state index in [1.165, 1.54) is 6.33 Å². The summed E-state index contributed by atoms with van der Waals surface area (Å²) in [5.74, 6) is -1.06. The predicted molar refractivity (Wildman–Crippen MR) is 95.3 cm³/mol. The van der Waals surface area contributed by atoms with Crippen molar-refractivity contribution in [3.8, 4) is 0 Å². The lowest BCUT2D eigenvalue weighted by Gasteiger charge is -2.27. The highest BCUT2D eigenvalue weighted by atomic mass is 16.5. The van der Waals surface area contributed by atoms with Crippen molar-refractivity contribution in [1.29, 1.82) is 0 Å². The molecular formula is C19H24N4O4. The van der Waals surface area contributed by atoms with Gasteiger partial charge < -0.3 is 19.3 Å².